The van der Waals surface area contributed by atoms with Crippen LogP contribution < -0.4 is 9.47 Å². The van der Waals surface area contributed by atoms with Gasteiger partial charge in [-0.1, -0.05) is 43.7 Å². The Morgan fingerprint density at radius 2 is 1.48 bits per heavy atom. The lowest BCUT2D eigenvalue weighted by molar-refractivity contribution is 0.171. The first kappa shape index (κ1) is 15.3. The molecule has 0 bridgehead atoms. The van der Waals surface area contributed by atoms with E-state index in [1.165, 1.54) is 44.9 Å². The topological polar surface area (TPSA) is 18.5 Å². The summed E-state index contributed by atoms with van der Waals surface area (Å²) in [4.78, 5) is 0. The van der Waals surface area contributed by atoms with Gasteiger partial charge in [0.1, 0.15) is 13.2 Å². The highest BCUT2D eigenvalue weighted by Crippen LogP contribution is 2.44. The van der Waals surface area contributed by atoms with E-state index in [1.54, 1.807) is 0 Å². The molecule has 1 fully saturated rings. The van der Waals surface area contributed by atoms with Crippen LogP contribution in [0, 0.1) is 5.92 Å². The number of halogens is 2. The zero-order valence-electron chi connectivity index (χ0n) is 12.2. The van der Waals surface area contributed by atoms with E-state index in [0.29, 0.717) is 24.2 Å². The average molecular weight is 329 g/mol. The lowest BCUT2D eigenvalue weighted by Gasteiger charge is -2.27. The molecule has 0 radical (unpaired) electrons. The minimum absolute atomic E-state index is 0.0357. The van der Waals surface area contributed by atoms with Gasteiger partial charge in [0, 0.05) is 11.1 Å². The van der Waals surface area contributed by atoms with Crippen LogP contribution in [0.25, 0.3) is 0 Å². The van der Waals surface area contributed by atoms with Crippen molar-refractivity contribution >= 4 is 23.2 Å². The fourth-order valence-electron chi connectivity index (χ4n) is 3.33. The molecule has 1 atom stereocenters. The largest absolute Gasteiger partial charge is 0.486 e. The van der Waals surface area contributed by atoms with Crippen LogP contribution in [0.1, 0.15) is 55.9 Å². The maximum absolute atomic E-state index is 6.78. The van der Waals surface area contributed by atoms with E-state index in [0.717, 1.165) is 17.1 Å². The van der Waals surface area contributed by atoms with E-state index in [-0.39, 0.29) is 5.38 Å². The van der Waals surface area contributed by atoms with Crippen molar-refractivity contribution in [1.29, 1.82) is 0 Å². The third-order valence-corrected chi connectivity index (χ3v) is 5.44. The fraction of sp³-hybridized carbons (Fsp3) is 0.647. The summed E-state index contributed by atoms with van der Waals surface area (Å²) in [5, 5.41) is 0.660. The predicted octanol–water partition coefficient (Wildman–Crippen LogP) is 5.75. The van der Waals surface area contributed by atoms with E-state index >= 15 is 0 Å². The summed E-state index contributed by atoms with van der Waals surface area (Å²) in [7, 11) is 0. The fourth-order valence-corrected chi connectivity index (χ4v) is 4.08. The Labute approximate surface area is 136 Å². The van der Waals surface area contributed by atoms with Crippen LogP contribution in [0.15, 0.2) is 12.1 Å². The Hall–Kier alpha value is -0.600. The summed E-state index contributed by atoms with van der Waals surface area (Å²) >= 11 is 13.2. The van der Waals surface area contributed by atoms with Gasteiger partial charge in [-0.2, -0.15) is 0 Å². The standard InChI is InChI=1S/C17H22Cl2O2/c18-14-11-16-15(20-8-9-21-16)10-13(14)17(19)12-6-4-2-1-3-5-7-12/h10-12,17H,1-9H2. The van der Waals surface area contributed by atoms with Gasteiger partial charge in [0.2, 0.25) is 0 Å². The van der Waals surface area contributed by atoms with Crippen LogP contribution in [-0.2, 0) is 0 Å². The number of alkyl halides is 1. The Morgan fingerprint density at radius 1 is 0.905 bits per heavy atom. The van der Waals surface area contributed by atoms with E-state index in [1.807, 2.05) is 12.1 Å². The number of fused-ring (bicyclic) bond motifs is 1. The van der Waals surface area contributed by atoms with Crippen LogP contribution in [0.3, 0.4) is 0 Å². The summed E-state index contributed by atoms with van der Waals surface area (Å²) < 4.78 is 11.2. The first-order valence-electron chi connectivity index (χ1n) is 7.99. The Bertz CT molecular complexity index is 482. The number of rotatable bonds is 2. The summed E-state index contributed by atoms with van der Waals surface area (Å²) in [5.41, 5.74) is 0.994. The highest BCUT2D eigenvalue weighted by atomic mass is 35.5. The number of hydrogen-bond acceptors (Lipinski definition) is 2. The smallest absolute Gasteiger partial charge is 0.162 e. The lowest BCUT2D eigenvalue weighted by Crippen LogP contribution is -2.16. The third-order valence-electron chi connectivity index (χ3n) is 4.52. The maximum Gasteiger partial charge on any atom is 0.162 e. The van der Waals surface area contributed by atoms with Crippen LogP contribution in [0.5, 0.6) is 11.5 Å². The molecule has 3 rings (SSSR count). The molecule has 0 spiro atoms. The van der Waals surface area contributed by atoms with Crippen molar-refractivity contribution in [2.75, 3.05) is 13.2 Å². The predicted molar refractivity (Wildman–Crippen MR) is 86.8 cm³/mol. The molecular weight excluding hydrogens is 307 g/mol. The average Bonchev–Trinajstić information content (AvgIpc) is 2.45. The second-order valence-corrected chi connectivity index (χ2v) is 6.90. The quantitative estimate of drug-likeness (QED) is 0.643. The van der Waals surface area contributed by atoms with Gasteiger partial charge in [-0.15, -0.1) is 11.6 Å². The summed E-state index contributed by atoms with van der Waals surface area (Å²) in [6, 6.07) is 3.83. The molecule has 1 heterocycles. The third kappa shape index (κ3) is 3.60. The summed E-state index contributed by atoms with van der Waals surface area (Å²) in [6.07, 6.45) is 8.96. The minimum atomic E-state index is -0.0357. The Morgan fingerprint density at radius 3 is 2.14 bits per heavy atom. The highest BCUT2D eigenvalue weighted by molar-refractivity contribution is 6.33. The van der Waals surface area contributed by atoms with Crippen LogP contribution in [0.4, 0.5) is 0 Å². The van der Waals surface area contributed by atoms with Crippen LogP contribution >= 0.6 is 23.2 Å². The van der Waals surface area contributed by atoms with E-state index < -0.39 is 0 Å². The SMILES string of the molecule is Clc1cc2c(cc1C(Cl)C1CCCCCCC1)OCCO2. The molecule has 1 saturated carbocycles. The van der Waals surface area contributed by atoms with Gasteiger partial charge < -0.3 is 9.47 Å². The summed E-state index contributed by atoms with van der Waals surface area (Å²) in [5.74, 6) is 2.01. The van der Waals surface area contributed by atoms with Gasteiger partial charge >= 0.3 is 0 Å². The molecule has 21 heavy (non-hydrogen) atoms. The first-order valence-corrected chi connectivity index (χ1v) is 8.80. The lowest BCUT2D eigenvalue weighted by atomic mass is 9.86. The maximum atomic E-state index is 6.78. The molecule has 1 aromatic rings. The molecule has 2 aliphatic rings. The van der Waals surface area contributed by atoms with Crippen molar-refractivity contribution in [1.82, 2.24) is 0 Å². The number of benzene rings is 1. The van der Waals surface area contributed by atoms with Crippen LogP contribution in [0.2, 0.25) is 5.02 Å². The van der Waals surface area contributed by atoms with Gasteiger partial charge in [0.15, 0.2) is 11.5 Å². The van der Waals surface area contributed by atoms with Gasteiger partial charge in [-0.25, -0.2) is 0 Å². The molecule has 2 nitrogen and oxygen atoms in total. The van der Waals surface area contributed by atoms with Crippen molar-refractivity contribution in [3.63, 3.8) is 0 Å². The van der Waals surface area contributed by atoms with Gasteiger partial charge in [0.25, 0.3) is 0 Å². The van der Waals surface area contributed by atoms with Crippen molar-refractivity contribution in [3.05, 3.63) is 22.7 Å². The molecule has 0 aromatic heterocycles. The molecule has 1 unspecified atom stereocenters. The van der Waals surface area contributed by atoms with Crippen molar-refractivity contribution in [2.45, 2.75) is 50.3 Å². The van der Waals surface area contributed by atoms with E-state index in [2.05, 4.69) is 0 Å². The molecule has 1 aliphatic carbocycles. The van der Waals surface area contributed by atoms with Crippen molar-refractivity contribution in [2.24, 2.45) is 5.92 Å². The van der Waals surface area contributed by atoms with Gasteiger partial charge in [-0.3, -0.25) is 0 Å². The highest BCUT2D eigenvalue weighted by Gasteiger charge is 2.26. The minimum Gasteiger partial charge on any atom is -0.486 e. The molecule has 1 aromatic carbocycles. The van der Waals surface area contributed by atoms with Gasteiger partial charge in [-0.05, 0) is 30.4 Å². The molecule has 0 amide bonds. The Balaban J connectivity index is 1.80. The first-order chi connectivity index (χ1) is 10.3. The molecule has 1 aliphatic heterocycles. The second-order valence-electron chi connectivity index (χ2n) is 6.02. The summed E-state index contributed by atoms with van der Waals surface area (Å²) in [6.45, 7) is 1.17. The number of ether oxygens (including phenoxy) is 2. The van der Waals surface area contributed by atoms with Gasteiger partial charge in [0.05, 0.1) is 5.38 Å². The molecule has 0 saturated heterocycles. The molecule has 4 heteroatoms. The monoisotopic (exact) mass is 328 g/mol. The second kappa shape index (κ2) is 7.11. The normalized spacial score (nSPS) is 21.4. The number of hydrogen-bond donors (Lipinski definition) is 0. The Kier molecular flexibility index (Phi) is 5.18. The van der Waals surface area contributed by atoms with Crippen LogP contribution in [-0.4, -0.2) is 13.2 Å². The molecular formula is C17H22Cl2O2. The molecule has 116 valence electrons. The molecule has 0 N–H and O–H groups in total. The van der Waals surface area contributed by atoms with Crippen molar-refractivity contribution < 1.29 is 9.47 Å². The zero-order valence-corrected chi connectivity index (χ0v) is 13.8. The van der Waals surface area contributed by atoms with E-state index in [4.69, 9.17) is 32.7 Å². The zero-order chi connectivity index (χ0) is 14.7. The van der Waals surface area contributed by atoms with E-state index in [9.17, 15) is 0 Å². The van der Waals surface area contributed by atoms with Crippen molar-refractivity contribution in [3.8, 4) is 11.5 Å².